The second kappa shape index (κ2) is 7.07. The minimum Gasteiger partial charge on any atom is -0.443 e. The number of benzene rings is 1. The molecule has 0 bridgehead atoms. The van der Waals surface area contributed by atoms with Crippen LogP contribution in [0.3, 0.4) is 0 Å². The van der Waals surface area contributed by atoms with E-state index in [4.69, 9.17) is 16.0 Å². The van der Waals surface area contributed by atoms with Gasteiger partial charge in [0, 0.05) is 17.1 Å². The number of amides is 1. The van der Waals surface area contributed by atoms with Gasteiger partial charge < -0.3 is 4.42 Å². The summed E-state index contributed by atoms with van der Waals surface area (Å²) in [5.74, 6) is -0.106. The van der Waals surface area contributed by atoms with Crippen LogP contribution < -0.4 is 5.32 Å². The number of oxazole rings is 1. The van der Waals surface area contributed by atoms with Crippen molar-refractivity contribution in [1.82, 2.24) is 15.0 Å². The van der Waals surface area contributed by atoms with Gasteiger partial charge in [0.15, 0.2) is 23.0 Å². The summed E-state index contributed by atoms with van der Waals surface area (Å²) in [6, 6.07) is 12.7. The largest absolute Gasteiger partial charge is 0.443 e. The first kappa shape index (κ1) is 16.4. The molecule has 3 heterocycles. The molecule has 0 saturated carbocycles. The number of thiazole rings is 1. The summed E-state index contributed by atoms with van der Waals surface area (Å²) >= 11 is 7.49. The van der Waals surface area contributed by atoms with Crippen molar-refractivity contribution in [2.75, 3.05) is 5.32 Å². The lowest BCUT2D eigenvalue weighted by Crippen LogP contribution is -2.13. The Morgan fingerprint density at radius 2 is 1.92 bits per heavy atom. The summed E-state index contributed by atoms with van der Waals surface area (Å²) in [7, 11) is 0. The van der Waals surface area contributed by atoms with Crippen molar-refractivity contribution in [3.8, 4) is 22.7 Å². The Morgan fingerprint density at radius 1 is 1.08 bits per heavy atom. The first-order valence-corrected chi connectivity index (χ1v) is 8.85. The van der Waals surface area contributed by atoms with Gasteiger partial charge in [-0.3, -0.25) is 15.1 Å². The number of carbonyl (C=O) groups is 1. The second-order valence-corrected chi connectivity index (χ2v) is 6.48. The number of nitrogens with one attached hydrogen (secondary N) is 1. The number of hydrogen-bond donors (Lipinski definition) is 1. The summed E-state index contributed by atoms with van der Waals surface area (Å²) in [6.45, 7) is 0. The number of carbonyl (C=O) groups excluding carboxylic acids is 1. The second-order valence-electron chi connectivity index (χ2n) is 5.22. The molecule has 4 rings (SSSR count). The quantitative estimate of drug-likeness (QED) is 0.550. The van der Waals surface area contributed by atoms with Crippen molar-refractivity contribution in [3.63, 3.8) is 0 Å². The lowest BCUT2D eigenvalue weighted by Gasteiger charge is -2.03. The summed E-state index contributed by atoms with van der Waals surface area (Å²) in [5.41, 5.74) is 2.18. The summed E-state index contributed by atoms with van der Waals surface area (Å²) in [4.78, 5) is 25.3. The van der Waals surface area contributed by atoms with Crippen molar-refractivity contribution in [3.05, 3.63) is 71.2 Å². The fourth-order valence-corrected chi connectivity index (χ4v) is 3.28. The van der Waals surface area contributed by atoms with Gasteiger partial charge in [-0.05, 0) is 24.3 Å². The first-order chi connectivity index (χ1) is 12.7. The Hall–Kier alpha value is -3.03. The molecule has 4 aromatic rings. The maximum atomic E-state index is 12.6. The van der Waals surface area contributed by atoms with Crippen molar-refractivity contribution < 1.29 is 9.21 Å². The van der Waals surface area contributed by atoms with E-state index in [9.17, 15) is 4.79 Å². The molecule has 1 N–H and O–H groups in total. The predicted octanol–water partition coefficient (Wildman–Crippen LogP) is 4.77. The molecule has 128 valence electrons. The third kappa shape index (κ3) is 3.22. The molecule has 0 spiro atoms. The molecule has 0 fully saturated rings. The number of anilines is 1. The van der Waals surface area contributed by atoms with Crippen LogP contribution in [0.4, 0.5) is 5.13 Å². The Kier molecular flexibility index (Phi) is 4.47. The van der Waals surface area contributed by atoms with Crippen LogP contribution in [0.1, 0.15) is 10.5 Å². The van der Waals surface area contributed by atoms with E-state index in [1.165, 1.54) is 17.7 Å². The van der Waals surface area contributed by atoms with Crippen LogP contribution in [-0.4, -0.2) is 20.9 Å². The van der Waals surface area contributed by atoms with Crippen molar-refractivity contribution >= 4 is 34.0 Å². The molecule has 8 heteroatoms. The number of pyridine rings is 1. The number of halogens is 1. The molecule has 26 heavy (non-hydrogen) atoms. The van der Waals surface area contributed by atoms with Gasteiger partial charge in [0.1, 0.15) is 5.69 Å². The Labute approximate surface area is 157 Å². The molecule has 0 radical (unpaired) electrons. The molecule has 0 aliphatic rings. The van der Waals surface area contributed by atoms with Crippen molar-refractivity contribution in [1.29, 1.82) is 0 Å². The molecule has 1 aromatic carbocycles. The van der Waals surface area contributed by atoms with Crippen molar-refractivity contribution in [2.24, 2.45) is 0 Å². The minimum absolute atomic E-state index is 0.146. The average molecular weight is 383 g/mol. The van der Waals surface area contributed by atoms with E-state index in [1.807, 2.05) is 29.6 Å². The maximum absolute atomic E-state index is 12.6. The van der Waals surface area contributed by atoms with E-state index in [2.05, 4.69) is 20.3 Å². The zero-order chi connectivity index (χ0) is 17.9. The SMILES string of the molecule is O=C(Nc1nc(-c2ccccn2)cs1)c1ncoc1-c1ccccc1Cl. The summed E-state index contributed by atoms with van der Waals surface area (Å²) < 4.78 is 5.38. The highest BCUT2D eigenvalue weighted by Gasteiger charge is 2.21. The van der Waals surface area contributed by atoms with E-state index in [-0.39, 0.29) is 5.69 Å². The predicted molar refractivity (Wildman–Crippen MR) is 100 cm³/mol. The third-order valence-corrected chi connectivity index (χ3v) is 4.64. The van der Waals surface area contributed by atoms with Gasteiger partial charge >= 0.3 is 0 Å². The van der Waals surface area contributed by atoms with Crippen LogP contribution in [0, 0.1) is 0 Å². The molecular formula is C18H11ClN4O2S. The van der Waals surface area contributed by atoms with Gasteiger partial charge in [0.2, 0.25) is 0 Å². The number of nitrogens with zero attached hydrogens (tertiary/aromatic N) is 3. The van der Waals surface area contributed by atoms with E-state index < -0.39 is 5.91 Å². The standard InChI is InChI=1S/C18H11ClN4O2S/c19-12-6-2-1-5-11(12)16-15(21-10-25-16)17(24)23-18-22-14(9-26-18)13-7-3-4-8-20-13/h1-10H,(H,22,23,24). The normalized spacial score (nSPS) is 10.7. The van der Waals surface area contributed by atoms with Crippen LogP contribution in [0.15, 0.2) is 64.9 Å². The number of hydrogen-bond acceptors (Lipinski definition) is 6. The highest BCUT2D eigenvalue weighted by Crippen LogP contribution is 2.31. The summed E-state index contributed by atoms with van der Waals surface area (Å²) in [5, 5.41) is 5.49. The minimum atomic E-state index is -0.421. The molecule has 0 aliphatic carbocycles. The van der Waals surface area contributed by atoms with E-state index in [0.717, 1.165) is 5.69 Å². The Morgan fingerprint density at radius 3 is 2.73 bits per heavy atom. The summed E-state index contributed by atoms with van der Waals surface area (Å²) in [6.07, 6.45) is 2.91. The Bertz CT molecular complexity index is 1060. The number of rotatable bonds is 4. The molecule has 3 aromatic heterocycles. The van der Waals surface area contributed by atoms with E-state index in [1.54, 1.807) is 24.4 Å². The third-order valence-electron chi connectivity index (χ3n) is 3.55. The highest BCUT2D eigenvalue weighted by atomic mass is 35.5. The molecule has 0 unspecified atom stereocenters. The number of aromatic nitrogens is 3. The van der Waals surface area contributed by atoms with Gasteiger partial charge in [-0.2, -0.15) is 0 Å². The van der Waals surface area contributed by atoms with E-state index in [0.29, 0.717) is 27.2 Å². The fourth-order valence-electron chi connectivity index (χ4n) is 2.36. The van der Waals surface area contributed by atoms with Gasteiger partial charge in [-0.25, -0.2) is 9.97 Å². The van der Waals surface area contributed by atoms with Crippen LogP contribution in [0.25, 0.3) is 22.7 Å². The fraction of sp³-hybridized carbons (Fsp3) is 0. The van der Waals surface area contributed by atoms with Crippen LogP contribution >= 0.6 is 22.9 Å². The van der Waals surface area contributed by atoms with Crippen LogP contribution in [0.5, 0.6) is 0 Å². The van der Waals surface area contributed by atoms with Gasteiger partial charge in [-0.1, -0.05) is 29.8 Å². The first-order valence-electron chi connectivity index (χ1n) is 7.59. The zero-order valence-corrected chi connectivity index (χ0v) is 14.8. The smallest absolute Gasteiger partial charge is 0.280 e. The molecule has 0 aliphatic heterocycles. The maximum Gasteiger partial charge on any atom is 0.280 e. The molecule has 0 atom stereocenters. The molecule has 0 saturated heterocycles. The molecule has 1 amide bonds. The van der Waals surface area contributed by atoms with E-state index >= 15 is 0 Å². The lowest BCUT2D eigenvalue weighted by molar-refractivity contribution is 0.102. The van der Waals surface area contributed by atoms with Crippen molar-refractivity contribution in [2.45, 2.75) is 0 Å². The lowest BCUT2D eigenvalue weighted by atomic mass is 10.1. The molecule has 6 nitrogen and oxygen atoms in total. The van der Waals surface area contributed by atoms with Gasteiger partial charge in [-0.15, -0.1) is 11.3 Å². The van der Waals surface area contributed by atoms with Gasteiger partial charge in [0.05, 0.1) is 10.7 Å². The average Bonchev–Trinajstić information content (AvgIpc) is 3.32. The molecular weight excluding hydrogens is 372 g/mol. The van der Waals surface area contributed by atoms with Gasteiger partial charge in [0.25, 0.3) is 5.91 Å². The highest BCUT2D eigenvalue weighted by molar-refractivity contribution is 7.14. The monoisotopic (exact) mass is 382 g/mol. The van der Waals surface area contributed by atoms with Crippen LogP contribution in [0.2, 0.25) is 5.02 Å². The zero-order valence-electron chi connectivity index (χ0n) is 13.2. The topological polar surface area (TPSA) is 80.9 Å². The van der Waals surface area contributed by atoms with Crippen LogP contribution in [-0.2, 0) is 0 Å². The Balaban J connectivity index is 1.58.